The minimum Gasteiger partial charge on any atom is -0.487 e. The molecule has 1 atom stereocenters. The molecule has 0 saturated carbocycles. The second-order valence-electron chi connectivity index (χ2n) is 6.69. The van der Waals surface area contributed by atoms with Crippen molar-refractivity contribution in [2.24, 2.45) is 11.7 Å². The van der Waals surface area contributed by atoms with Crippen LogP contribution in [0.1, 0.15) is 25.7 Å². The molecule has 2 fully saturated rings. The molecule has 0 aliphatic carbocycles. The molecule has 2 aliphatic heterocycles. The van der Waals surface area contributed by atoms with Crippen LogP contribution in [0.2, 0.25) is 0 Å². The molecular formula is C18H24F2N2O3. The lowest BCUT2D eigenvalue weighted by Crippen LogP contribution is -2.52. The SMILES string of the molecule is NC(C(=O)N1CCC(Oc2ccc(F)cc2F)CC1)C1CCOCC1. The number of hydrogen-bond donors (Lipinski definition) is 1. The van der Waals surface area contributed by atoms with Crippen LogP contribution in [0.4, 0.5) is 8.78 Å². The zero-order valence-electron chi connectivity index (χ0n) is 14.1. The van der Waals surface area contributed by atoms with Gasteiger partial charge in [0.15, 0.2) is 11.6 Å². The average Bonchev–Trinajstić information content (AvgIpc) is 2.64. The Balaban J connectivity index is 1.50. The van der Waals surface area contributed by atoms with Crippen molar-refractivity contribution in [2.45, 2.75) is 37.8 Å². The molecule has 3 rings (SSSR count). The van der Waals surface area contributed by atoms with Crippen LogP contribution in [-0.4, -0.2) is 49.3 Å². The lowest BCUT2D eigenvalue weighted by Gasteiger charge is -2.36. The number of amides is 1. The van der Waals surface area contributed by atoms with E-state index in [-0.39, 0.29) is 23.7 Å². The van der Waals surface area contributed by atoms with Crippen molar-refractivity contribution in [1.82, 2.24) is 4.90 Å². The summed E-state index contributed by atoms with van der Waals surface area (Å²) in [6, 6.07) is 2.78. The molecule has 138 valence electrons. The fraction of sp³-hybridized carbons (Fsp3) is 0.611. The van der Waals surface area contributed by atoms with Crippen molar-refractivity contribution in [3.05, 3.63) is 29.8 Å². The van der Waals surface area contributed by atoms with Gasteiger partial charge in [0.2, 0.25) is 5.91 Å². The summed E-state index contributed by atoms with van der Waals surface area (Å²) < 4.78 is 37.5. The molecule has 5 nitrogen and oxygen atoms in total. The van der Waals surface area contributed by atoms with Crippen LogP contribution >= 0.6 is 0 Å². The highest BCUT2D eigenvalue weighted by atomic mass is 19.1. The molecule has 2 N–H and O–H groups in total. The van der Waals surface area contributed by atoms with Crippen molar-refractivity contribution < 1.29 is 23.0 Å². The quantitative estimate of drug-likeness (QED) is 0.899. The average molecular weight is 354 g/mol. The molecule has 0 radical (unpaired) electrons. The van der Waals surface area contributed by atoms with Gasteiger partial charge in [-0.3, -0.25) is 4.79 Å². The maximum atomic E-state index is 13.7. The van der Waals surface area contributed by atoms with E-state index in [0.717, 1.165) is 18.9 Å². The fourth-order valence-electron chi connectivity index (χ4n) is 3.43. The largest absolute Gasteiger partial charge is 0.487 e. The molecule has 25 heavy (non-hydrogen) atoms. The zero-order valence-corrected chi connectivity index (χ0v) is 14.1. The molecular weight excluding hydrogens is 330 g/mol. The van der Waals surface area contributed by atoms with Gasteiger partial charge in [-0.15, -0.1) is 0 Å². The zero-order chi connectivity index (χ0) is 17.8. The fourth-order valence-corrected chi connectivity index (χ4v) is 3.43. The highest BCUT2D eigenvalue weighted by Crippen LogP contribution is 2.24. The molecule has 2 aliphatic rings. The van der Waals surface area contributed by atoms with E-state index < -0.39 is 17.7 Å². The Morgan fingerprint density at radius 3 is 2.52 bits per heavy atom. The van der Waals surface area contributed by atoms with Gasteiger partial charge in [-0.05, 0) is 30.9 Å². The van der Waals surface area contributed by atoms with Gasteiger partial charge >= 0.3 is 0 Å². The van der Waals surface area contributed by atoms with Gasteiger partial charge < -0.3 is 20.1 Å². The highest BCUT2D eigenvalue weighted by Gasteiger charge is 2.32. The first-order chi connectivity index (χ1) is 12.0. The van der Waals surface area contributed by atoms with Crippen molar-refractivity contribution in [2.75, 3.05) is 26.3 Å². The van der Waals surface area contributed by atoms with Gasteiger partial charge in [0.25, 0.3) is 0 Å². The molecule has 7 heteroatoms. The Bertz CT molecular complexity index is 600. The third kappa shape index (κ3) is 4.46. The van der Waals surface area contributed by atoms with Crippen LogP contribution in [0.3, 0.4) is 0 Å². The van der Waals surface area contributed by atoms with E-state index in [1.54, 1.807) is 4.90 Å². The Labute approximate surface area is 146 Å². The third-order valence-electron chi connectivity index (χ3n) is 5.00. The number of nitrogens with two attached hydrogens (primary N) is 1. The van der Waals surface area contributed by atoms with Crippen LogP contribution in [0.5, 0.6) is 5.75 Å². The molecule has 2 heterocycles. The molecule has 0 bridgehead atoms. The van der Waals surface area contributed by atoms with E-state index >= 15 is 0 Å². The maximum Gasteiger partial charge on any atom is 0.239 e. The Kier molecular flexibility index (Phi) is 5.86. The third-order valence-corrected chi connectivity index (χ3v) is 5.00. The van der Waals surface area contributed by atoms with E-state index in [2.05, 4.69) is 0 Å². The van der Waals surface area contributed by atoms with Gasteiger partial charge in [-0.1, -0.05) is 0 Å². The summed E-state index contributed by atoms with van der Waals surface area (Å²) >= 11 is 0. The van der Waals surface area contributed by atoms with Crippen LogP contribution in [0.25, 0.3) is 0 Å². The standard InChI is InChI=1S/C18H24F2N2O3/c19-13-1-2-16(15(20)11-13)25-14-3-7-22(8-4-14)18(23)17(21)12-5-9-24-10-6-12/h1-2,11-12,14,17H,3-10,21H2. The molecule has 1 aromatic carbocycles. The summed E-state index contributed by atoms with van der Waals surface area (Å²) in [5.41, 5.74) is 6.15. The van der Waals surface area contributed by atoms with Crippen molar-refractivity contribution >= 4 is 5.91 Å². The molecule has 1 amide bonds. The topological polar surface area (TPSA) is 64.8 Å². The number of nitrogens with zero attached hydrogens (tertiary/aromatic N) is 1. The minimum absolute atomic E-state index is 0.0293. The van der Waals surface area contributed by atoms with E-state index in [1.807, 2.05) is 0 Å². The van der Waals surface area contributed by atoms with Crippen LogP contribution < -0.4 is 10.5 Å². The predicted octanol–water partition coefficient (Wildman–Crippen LogP) is 2.09. The summed E-state index contributed by atoms with van der Waals surface area (Å²) in [6.07, 6.45) is 2.64. The first kappa shape index (κ1) is 18.1. The number of carbonyl (C=O) groups excluding carboxylic acids is 1. The minimum atomic E-state index is -0.708. The predicted molar refractivity (Wildman–Crippen MR) is 88.1 cm³/mol. The number of hydrogen-bond acceptors (Lipinski definition) is 4. The summed E-state index contributed by atoms with van der Waals surface area (Å²) in [5.74, 6) is -1.15. The number of likely N-dealkylation sites (tertiary alicyclic amines) is 1. The second-order valence-corrected chi connectivity index (χ2v) is 6.69. The summed E-state index contributed by atoms with van der Waals surface area (Å²) in [6.45, 7) is 2.38. The maximum absolute atomic E-state index is 13.7. The number of halogens is 2. The molecule has 1 aromatic rings. The first-order valence-corrected chi connectivity index (χ1v) is 8.78. The van der Waals surface area contributed by atoms with E-state index in [4.69, 9.17) is 15.2 Å². The molecule has 1 unspecified atom stereocenters. The normalized spacial score (nSPS) is 21.2. The number of benzene rings is 1. The Hall–Kier alpha value is -1.73. The van der Waals surface area contributed by atoms with Gasteiger partial charge in [0.1, 0.15) is 11.9 Å². The molecule has 0 aromatic heterocycles. The van der Waals surface area contributed by atoms with Crippen LogP contribution in [-0.2, 0) is 9.53 Å². The first-order valence-electron chi connectivity index (χ1n) is 8.78. The van der Waals surface area contributed by atoms with Gasteiger partial charge in [-0.25, -0.2) is 8.78 Å². The van der Waals surface area contributed by atoms with E-state index in [9.17, 15) is 13.6 Å². The van der Waals surface area contributed by atoms with Gasteiger partial charge in [-0.2, -0.15) is 0 Å². The Morgan fingerprint density at radius 2 is 1.88 bits per heavy atom. The van der Waals surface area contributed by atoms with Crippen molar-refractivity contribution in [1.29, 1.82) is 0 Å². The number of rotatable bonds is 4. The lowest BCUT2D eigenvalue weighted by molar-refractivity contribution is -0.136. The second kappa shape index (κ2) is 8.10. The Morgan fingerprint density at radius 1 is 1.20 bits per heavy atom. The van der Waals surface area contributed by atoms with Gasteiger partial charge in [0, 0.05) is 45.2 Å². The summed E-state index contributed by atoms with van der Waals surface area (Å²) in [5, 5.41) is 0. The smallest absolute Gasteiger partial charge is 0.239 e. The van der Waals surface area contributed by atoms with Crippen LogP contribution in [0, 0.1) is 17.6 Å². The van der Waals surface area contributed by atoms with Crippen molar-refractivity contribution in [3.8, 4) is 5.75 Å². The number of piperidine rings is 1. The highest BCUT2D eigenvalue weighted by molar-refractivity contribution is 5.82. The monoisotopic (exact) mass is 354 g/mol. The summed E-state index contributed by atoms with van der Waals surface area (Å²) in [4.78, 5) is 14.3. The van der Waals surface area contributed by atoms with E-state index in [0.29, 0.717) is 39.1 Å². The number of carbonyl (C=O) groups is 1. The van der Waals surface area contributed by atoms with Gasteiger partial charge in [0.05, 0.1) is 6.04 Å². The van der Waals surface area contributed by atoms with E-state index in [1.165, 1.54) is 12.1 Å². The molecule has 0 spiro atoms. The number of ether oxygens (including phenoxy) is 2. The van der Waals surface area contributed by atoms with Crippen molar-refractivity contribution in [3.63, 3.8) is 0 Å². The summed E-state index contributed by atoms with van der Waals surface area (Å²) in [7, 11) is 0. The lowest BCUT2D eigenvalue weighted by atomic mass is 9.91. The molecule has 2 saturated heterocycles. The van der Waals surface area contributed by atoms with Crippen LogP contribution in [0.15, 0.2) is 18.2 Å².